The molecule has 0 saturated carbocycles. The number of ether oxygens (including phenoxy) is 2. The number of hydrogen-bond donors (Lipinski definition) is 0. The first-order chi connectivity index (χ1) is 14.4. The number of anilines is 1. The molecule has 5 heteroatoms. The second kappa shape index (κ2) is 8.41. The molecule has 0 spiro atoms. The minimum Gasteiger partial charge on any atom is -0.497 e. The molecule has 1 unspecified atom stereocenters. The number of halogens is 2. The molecule has 0 bridgehead atoms. The summed E-state index contributed by atoms with van der Waals surface area (Å²) >= 11 is 13.1. The van der Waals surface area contributed by atoms with Gasteiger partial charge in [0.2, 0.25) is 0 Å². The number of benzene rings is 3. The van der Waals surface area contributed by atoms with E-state index in [1.54, 1.807) is 14.2 Å². The van der Waals surface area contributed by atoms with E-state index in [4.69, 9.17) is 32.7 Å². The Hall–Kier alpha value is -2.36. The fourth-order valence-electron chi connectivity index (χ4n) is 4.37. The van der Waals surface area contributed by atoms with Gasteiger partial charge in [-0.05, 0) is 47.9 Å². The molecule has 0 saturated heterocycles. The zero-order valence-electron chi connectivity index (χ0n) is 17.4. The van der Waals surface area contributed by atoms with Crippen LogP contribution in [0.15, 0.2) is 60.7 Å². The minimum absolute atomic E-state index is 0.112. The quantitative estimate of drug-likeness (QED) is 0.448. The lowest BCUT2D eigenvalue weighted by Crippen LogP contribution is -2.44. The zero-order valence-corrected chi connectivity index (χ0v) is 18.9. The molecule has 0 radical (unpaired) electrons. The molecule has 1 aliphatic heterocycles. The van der Waals surface area contributed by atoms with Crippen LogP contribution in [0.4, 0.5) is 5.69 Å². The predicted molar refractivity (Wildman–Crippen MR) is 125 cm³/mol. The Morgan fingerprint density at radius 3 is 2.40 bits per heavy atom. The van der Waals surface area contributed by atoms with Crippen LogP contribution >= 0.6 is 23.2 Å². The highest BCUT2D eigenvalue weighted by Crippen LogP contribution is 2.44. The minimum atomic E-state index is -0.112. The van der Waals surface area contributed by atoms with E-state index in [9.17, 15) is 0 Å². The summed E-state index contributed by atoms with van der Waals surface area (Å²) in [5, 5.41) is 1.36. The first-order valence-electron chi connectivity index (χ1n) is 9.93. The van der Waals surface area contributed by atoms with Gasteiger partial charge in [0, 0.05) is 39.8 Å². The van der Waals surface area contributed by atoms with Crippen LogP contribution in [0.25, 0.3) is 0 Å². The average molecular weight is 442 g/mol. The topological polar surface area (TPSA) is 21.7 Å². The van der Waals surface area contributed by atoms with E-state index in [-0.39, 0.29) is 5.41 Å². The number of fused-ring (bicyclic) bond motifs is 1. The Bertz CT molecular complexity index is 1050. The highest BCUT2D eigenvalue weighted by molar-refractivity contribution is 6.35. The Morgan fingerprint density at radius 2 is 1.70 bits per heavy atom. The normalized spacial score (nSPS) is 18.1. The van der Waals surface area contributed by atoms with Crippen LogP contribution in [0.1, 0.15) is 23.6 Å². The molecule has 0 aromatic heterocycles. The van der Waals surface area contributed by atoms with Crippen molar-refractivity contribution in [2.45, 2.75) is 25.3 Å². The summed E-state index contributed by atoms with van der Waals surface area (Å²) in [6.07, 6.45) is 0.840. The van der Waals surface area contributed by atoms with Crippen molar-refractivity contribution in [2.24, 2.45) is 0 Å². The predicted octanol–water partition coefficient (Wildman–Crippen LogP) is 6.53. The maximum absolute atomic E-state index is 6.68. The molecule has 1 heterocycles. The Kier molecular flexibility index (Phi) is 5.86. The molecule has 0 fully saturated rings. The average Bonchev–Trinajstić information content (AvgIpc) is 2.75. The summed E-state index contributed by atoms with van der Waals surface area (Å²) in [5.74, 6) is 1.73. The molecule has 3 aromatic carbocycles. The van der Waals surface area contributed by atoms with Gasteiger partial charge < -0.3 is 14.4 Å². The van der Waals surface area contributed by atoms with Crippen molar-refractivity contribution in [3.63, 3.8) is 0 Å². The molecule has 4 rings (SSSR count). The maximum atomic E-state index is 6.68. The van der Waals surface area contributed by atoms with Crippen molar-refractivity contribution < 1.29 is 9.47 Å². The van der Waals surface area contributed by atoms with E-state index in [1.165, 1.54) is 5.56 Å². The molecule has 30 heavy (non-hydrogen) atoms. The lowest BCUT2D eigenvalue weighted by Gasteiger charge is -2.44. The number of nitrogens with zero attached hydrogens (tertiary/aromatic N) is 1. The van der Waals surface area contributed by atoms with E-state index in [2.05, 4.69) is 30.0 Å². The molecule has 0 aliphatic carbocycles. The van der Waals surface area contributed by atoms with E-state index >= 15 is 0 Å². The number of para-hydroxylation sites is 1. The van der Waals surface area contributed by atoms with Crippen LogP contribution in [0.3, 0.4) is 0 Å². The third-order valence-corrected chi connectivity index (χ3v) is 6.48. The summed E-state index contributed by atoms with van der Waals surface area (Å²) in [4.78, 5) is 2.36. The lowest BCUT2D eigenvalue weighted by molar-refractivity contribution is 0.403. The van der Waals surface area contributed by atoms with Gasteiger partial charge >= 0.3 is 0 Å². The Morgan fingerprint density at radius 1 is 0.967 bits per heavy atom. The van der Waals surface area contributed by atoms with Gasteiger partial charge in [0.25, 0.3) is 0 Å². The summed E-state index contributed by atoms with van der Waals surface area (Å²) in [6.45, 7) is 3.83. The van der Waals surface area contributed by atoms with Crippen molar-refractivity contribution >= 4 is 28.9 Å². The molecular formula is C25H25Cl2NO2. The molecule has 3 aromatic rings. The van der Waals surface area contributed by atoms with Crippen molar-refractivity contribution in [3.8, 4) is 11.5 Å². The maximum Gasteiger partial charge on any atom is 0.123 e. The monoisotopic (exact) mass is 441 g/mol. The van der Waals surface area contributed by atoms with Gasteiger partial charge in [-0.25, -0.2) is 0 Å². The van der Waals surface area contributed by atoms with Gasteiger partial charge in [-0.15, -0.1) is 0 Å². The van der Waals surface area contributed by atoms with Gasteiger partial charge in [0.1, 0.15) is 11.5 Å². The molecule has 0 N–H and O–H groups in total. The van der Waals surface area contributed by atoms with Gasteiger partial charge in [0.05, 0.1) is 14.2 Å². The molecule has 0 amide bonds. The summed E-state index contributed by atoms with van der Waals surface area (Å²) in [7, 11) is 3.39. The van der Waals surface area contributed by atoms with Gasteiger partial charge in [-0.1, -0.05) is 60.5 Å². The number of rotatable bonds is 5. The van der Waals surface area contributed by atoms with Gasteiger partial charge in [0.15, 0.2) is 0 Å². The standard InChI is InChI=1S/C25H25Cl2NO2/c1-25(18-8-10-20(29-2)11-9-18)14-21-22(27)12-19(26)13-23(21)28(16-25)15-17-6-4-5-7-24(17)30-3/h4-13H,14-16H2,1-3H3. The molecule has 156 valence electrons. The van der Waals surface area contributed by atoms with Crippen molar-refractivity contribution in [1.82, 2.24) is 0 Å². The summed E-state index contributed by atoms with van der Waals surface area (Å²) < 4.78 is 10.9. The van der Waals surface area contributed by atoms with Crippen molar-refractivity contribution in [1.29, 1.82) is 0 Å². The first-order valence-corrected chi connectivity index (χ1v) is 10.7. The molecular weight excluding hydrogens is 417 g/mol. The second-order valence-corrected chi connectivity index (χ2v) is 8.86. The number of hydrogen-bond acceptors (Lipinski definition) is 3. The van der Waals surface area contributed by atoms with Gasteiger partial charge in [-0.2, -0.15) is 0 Å². The summed E-state index contributed by atoms with van der Waals surface area (Å²) in [6, 6.07) is 20.3. The summed E-state index contributed by atoms with van der Waals surface area (Å²) in [5.41, 5.74) is 4.48. The third-order valence-electron chi connectivity index (χ3n) is 5.92. The Balaban J connectivity index is 1.78. The SMILES string of the molecule is COc1ccc(C2(C)Cc3c(Cl)cc(Cl)cc3N(Cc3ccccc3OC)C2)cc1. The van der Waals surface area contributed by atoms with E-state index < -0.39 is 0 Å². The highest BCUT2D eigenvalue weighted by atomic mass is 35.5. The second-order valence-electron chi connectivity index (χ2n) is 8.02. The largest absolute Gasteiger partial charge is 0.497 e. The smallest absolute Gasteiger partial charge is 0.123 e. The van der Waals surface area contributed by atoms with Crippen LogP contribution in [0, 0.1) is 0 Å². The number of methoxy groups -OCH3 is 2. The highest BCUT2D eigenvalue weighted by Gasteiger charge is 2.37. The fraction of sp³-hybridized carbons (Fsp3) is 0.280. The van der Waals surface area contributed by atoms with Crippen LogP contribution in [-0.4, -0.2) is 20.8 Å². The third kappa shape index (κ3) is 3.97. The van der Waals surface area contributed by atoms with Crippen molar-refractivity contribution in [3.05, 3.63) is 87.4 Å². The van der Waals surface area contributed by atoms with Crippen LogP contribution in [0.2, 0.25) is 10.0 Å². The first kappa shape index (κ1) is 20.9. The van der Waals surface area contributed by atoms with Crippen molar-refractivity contribution in [2.75, 3.05) is 25.7 Å². The Labute approximate surface area is 188 Å². The molecule has 3 nitrogen and oxygen atoms in total. The lowest BCUT2D eigenvalue weighted by atomic mass is 9.74. The van der Waals surface area contributed by atoms with Crippen LogP contribution in [0.5, 0.6) is 11.5 Å². The van der Waals surface area contributed by atoms with E-state index in [0.29, 0.717) is 16.6 Å². The molecule has 1 atom stereocenters. The van der Waals surface area contributed by atoms with E-state index in [0.717, 1.165) is 41.3 Å². The zero-order chi connectivity index (χ0) is 21.3. The van der Waals surface area contributed by atoms with Crippen LogP contribution < -0.4 is 14.4 Å². The van der Waals surface area contributed by atoms with E-state index in [1.807, 2.05) is 42.5 Å². The van der Waals surface area contributed by atoms with Gasteiger partial charge in [-0.3, -0.25) is 0 Å². The molecule has 1 aliphatic rings. The van der Waals surface area contributed by atoms with Crippen LogP contribution in [-0.2, 0) is 18.4 Å². The fourth-order valence-corrected chi connectivity index (χ4v) is 4.92.